The van der Waals surface area contributed by atoms with Crippen molar-refractivity contribution in [3.63, 3.8) is 0 Å². The average molecular weight is 603 g/mol. The maximum absolute atomic E-state index is 13.2. The Morgan fingerprint density at radius 2 is 1.86 bits per heavy atom. The van der Waals surface area contributed by atoms with E-state index in [-0.39, 0.29) is 23.9 Å². The number of benzene rings is 3. The fourth-order valence-corrected chi connectivity index (χ4v) is 4.40. The second kappa shape index (κ2) is 10.7. The summed E-state index contributed by atoms with van der Waals surface area (Å²) in [6, 6.07) is 15.1. The predicted molar refractivity (Wildman–Crippen MR) is 142 cm³/mol. The molecular formula is C26H22Br2FN3O3. The zero-order chi connectivity index (χ0) is 25.1. The van der Waals surface area contributed by atoms with Crippen LogP contribution in [0.2, 0.25) is 0 Å². The van der Waals surface area contributed by atoms with Crippen LogP contribution in [-0.4, -0.2) is 23.0 Å². The molecule has 6 nitrogen and oxygen atoms in total. The summed E-state index contributed by atoms with van der Waals surface area (Å²) in [4.78, 5) is 17.9. The maximum atomic E-state index is 13.2. The van der Waals surface area contributed by atoms with Gasteiger partial charge >= 0.3 is 0 Å². The van der Waals surface area contributed by atoms with Crippen LogP contribution in [0, 0.1) is 5.82 Å². The minimum Gasteiger partial charge on any atom is -0.493 e. The summed E-state index contributed by atoms with van der Waals surface area (Å²) in [5, 5.41) is 4.95. The Hall–Kier alpha value is -3.04. The highest BCUT2D eigenvalue weighted by Crippen LogP contribution is 2.37. The van der Waals surface area contributed by atoms with Crippen molar-refractivity contribution in [3.8, 4) is 11.5 Å². The van der Waals surface area contributed by atoms with E-state index in [1.807, 2.05) is 32.0 Å². The predicted octanol–water partition coefficient (Wildman–Crippen LogP) is 6.65. The molecule has 3 aromatic carbocycles. The van der Waals surface area contributed by atoms with Crippen LogP contribution in [0.25, 0.3) is 10.9 Å². The number of methoxy groups -OCH3 is 1. The van der Waals surface area contributed by atoms with Gasteiger partial charge in [0.15, 0.2) is 11.5 Å². The van der Waals surface area contributed by atoms with Crippen LogP contribution in [0.5, 0.6) is 11.5 Å². The molecule has 1 heterocycles. The minimum absolute atomic E-state index is 0.0172. The van der Waals surface area contributed by atoms with Crippen molar-refractivity contribution in [2.45, 2.75) is 26.4 Å². The molecule has 0 radical (unpaired) electrons. The van der Waals surface area contributed by atoms with Gasteiger partial charge < -0.3 is 9.47 Å². The molecule has 0 spiro atoms. The molecule has 0 saturated carbocycles. The number of fused-ring (bicyclic) bond motifs is 1. The average Bonchev–Trinajstić information content (AvgIpc) is 2.83. The summed E-state index contributed by atoms with van der Waals surface area (Å²) < 4.78 is 27.4. The first kappa shape index (κ1) is 25.1. The number of ether oxygens (including phenoxy) is 2. The van der Waals surface area contributed by atoms with Gasteiger partial charge in [0.2, 0.25) is 0 Å². The van der Waals surface area contributed by atoms with Crippen molar-refractivity contribution < 1.29 is 13.9 Å². The van der Waals surface area contributed by atoms with Crippen molar-refractivity contribution in [2.75, 3.05) is 7.11 Å². The number of halogens is 3. The van der Waals surface area contributed by atoms with Crippen LogP contribution in [-0.2, 0) is 6.61 Å². The third-order valence-electron chi connectivity index (χ3n) is 5.22. The van der Waals surface area contributed by atoms with Gasteiger partial charge in [0.05, 0.1) is 28.7 Å². The smallest absolute Gasteiger partial charge is 0.282 e. The lowest BCUT2D eigenvalue weighted by Crippen LogP contribution is -2.23. The summed E-state index contributed by atoms with van der Waals surface area (Å²) in [5.41, 5.74) is 1.89. The van der Waals surface area contributed by atoms with Crippen LogP contribution >= 0.6 is 31.9 Å². The summed E-state index contributed by atoms with van der Waals surface area (Å²) in [7, 11) is 1.54. The third kappa shape index (κ3) is 5.62. The molecule has 0 aliphatic carbocycles. The zero-order valence-corrected chi connectivity index (χ0v) is 22.4. The first-order valence-electron chi connectivity index (χ1n) is 10.8. The molecule has 4 aromatic rings. The van der Waals surface area contributed by atoms with Crippen molar-refractivity contribution >= 4 is 49.0 Å². The molecular weight excluding hydrogens is 581 g/mol. The summed E-state index contributed by atoms with van der Waals surface area (Å²) >= 11 is 6.94. The normalized spacial score (nSPS) is 11.5. The molecule has 0 amide bonds. The van der Waals surface area contributed by atoms with E-state index in [0.717, 1.165) is 10.0 Å². The summed E-state index contributed by atoms with van der Waals surface area (Å²) in [6.45, 7) is 4.17. The second-order valence-electron chi connectivity index (χ2n) is 8.10. The first-order valence-corrected chi connectivity index (χ1v) is 12.4. The van der Waals surface area contributed by atoms with Crippen molar-refractivity contribution in [1.29, 1.82) is 0 Å². The van der Waals surface area contributed by atoms with Crippen LogP contribution < -0.4 is 15.0 Å². The van der Waals surface area contributed by atoms with Gasteiger partial charge in [0.1, 0.15) is 18.2 Å². The fraction of sp³-hybridized carbons (Fsp3) is 0.192. The Labute approximate surface area is 218 Å². The summed E-state index contributed by atoms with van der Waals surface area (Å²) in [6.07, 6.45) is 1.58. The van der Waals surface area contributed by atoms with Crippen LogP contribution in [0.1, 0.15) is 36.7 Å². The van der Waals surface area contributed by atoms with Crippen molar-refractivity contribution in [3.05, 3.63) is 96.7 Å². The molecule has 0 N–H and O–H groups in total. The van der Waals surface area contributed by atoms with Gasteiger partial charge in [-0.2, -0.15) is 9.78 Å². The highest BCUT2D eigenvalue weighted by molar-refractivity contribution is 9.10. The van der Waals surface area contributed by atoms with E-state index in [4.69, 9.17) is 9.47 Å². The molecule has 9 heteroatoms. The molecule has 0 fully saturated rings. The Kier molecular flexibility index (Phi) is 7.66. The minimum atomic E-state index is -0.301. The van der Waals surface area contributed by atoms with Crippen molar-refractivity contribution in [2.24, 2.45) is 5.10 Å². The Morgan fingerprint density at radius 3 is 2.54 bits per heavy atom. The number of aromatic nitrogens is 2. The van der Waals surface area contributed by atoms with Gasteiger partial charge in [-0.3, -0.25) is 4.79 Å². The van der Waals surface area contributed by atoms with Gasteiger partial charge in [-0.05, 0) is 69.5 Å². The van der Waals surface area contributed by atoms with Gasteiger partial charge in [-0.1, -0.05) is 41.9 Å². The van der Waals surface area contributed by atoms with E-state index in [2.05, 4.69) is 41.9 Å². The Bertz CT molecular complexity index is 1470. The number of rotatable bonds is 7. The molecule has 4 rings (SSSR count). The van der Waals surface area contributed by atoms with E-state index in [0.29, 0.717) is 38.3 Å². The highest BCUT2D eigenvalue weighted by atomic mass is 79.9. The SMILES string of the molecule is COc1cc(C=Nn2c(C(C)C)nc3ccc(Br)cc3c2=O)cc(Br)c1OCc1ccc(F)cc1. The van der Waals surface area contributed by atoms with Crippen molar-refractivity contribution in [1.82, 2.24) is 9.66 Å². The van der Waals surface area contributed by atoms with E-state index in [1.165, 1.54) is 16.8 Å². The molecule has 0 saturated heterocycles. The fourth-order valence-electron chi connectivity index (χ4n) is 3.47. The van der Waals surface area contributed by atoms with Gasteiger partial charge in [-0.25, -0.2) is 9.37 Å². The lowest BCUT2D eigenvalue weighted by atomic mass is 10.2. The molecule has 1 aromatic heterocycles. The Balaban J connectivity index is 1.68. The monoisotopic (exact) mass is 601 g/mol. The van der Waals surface area contributed by atoms with Crippen LogP contribution in [0.3, 0.4) is 0 Å². The third-order valence-corrected chi connectivity index (χ3v) is 6.30. The number of hydrogen-bond acceptors (Lipinski definition) is 5. The van der Waals surface area contributed by atoms with Gasteiger partial charge in [-0.15, -0.1) is 0 Å². The van der Waals surface area contributed by atoms with Crippen LogP contribution in [0.4, 0.5) is 4.39 Å². The molecule has 0 aliphatic rings. The highest BCUT2D eigenvalue weighted by Gasteiger charge is 2.15. The quantitative estimate of drug-likeness (QED) is 0.222. The molecule has 0 unspecified atom stereocenters. The summed E-state index contributed by atoms with van der Waals surface area (Å²) in [5.74, 6) is 1.24. The molecule has 180 valence electrons. The molecule has 0 bridgehead atoms. The number of hydrogen-bond donors (Lipinski definition) is 0. The Morgan fingerprint density at radius 1 is 1.11 bits per heavy atom. The standard InChI is InChI=1S/C26H22Br2FN3O3/c1-15(2)25-31-22-9-6-18(27)12-20(22)26(33)32(25)30-13-17-10-21(28)24(23(11-17)34-3)35-14-16-4-7-19(29)8-5-16/h4-13,15H,14H2,1-3H3. The largest absolute Gasteiger partial charge is 0.493 e. The zero-order valence-electron chi connectivity index (χ0n) is 19.3. The molecule has 0 atom stereocenters. The van der Waals surface area contributed by atoms with Gasteiger partial charge in [0.25, 0.3) is 5.56 Å². The van der Waals surface area contributed by atoms with Gasteiger partial charge in [0, 0.05) is 10.4 Å². The second-order valence-corrected chi connectivity index (χ2v) is 9.87. The first-order chi connectivity index (χ1) is 16.8. The lowest BCUT2D eigenvalue weighted by molar-refractivity contribution is 0.282. The number of nitrogens with zero attached hydrogens (tertiary/aromatic N) is 3. The maximum Gasteiger partial charge on any atom is 0.282 e. The van der Waals surface area contributed by atoms with Crippen LogP contribution in [0.15, 0.2) is 73.4 Å². The van der Waals surface area contributed by atoms with E-state index in [1.54, 1.807) is 37.6 Å². The topological polar surface area (TPSA) is 65.7 Å². The van der Waals surface area contributed by atoms with E-state index in [9.17, 15) is 9.18 Å². The molecule has 0 aliphatic heterocycles. The molecule has 35 heavy (non-hydrogen) atoms. The van der Waals surface area contributed by atoms with E-state index < -0.39 is 0 Å². The lowest BCUT2D eigenvalue weighted by Gasteiger charge is -2.14. The van der Waals surface area contributed by atoms with E-state index >= 15 is 0 Å².